The summed E-state index contributed by atoms with van der Waals surface area (Å²) in [5, 5.41) is 10.4. The molecule has 0 heterocycles. The summed E-state index contributed by atoms with van der Waals surface area (Å²) >= 11 is 0. The van der Waals surface area contributed by atoms with E-state index in [1.807, 2.05) is 30.3 Å². The molecular weight excluding hydrogens is 180 g/mol. The summed E-state index contributed by atoms with van der Waals surface area (Å²) in [7, 11) is 0. The number of nitrogens with zero attached hydrogens (tertiary/aromatic N) is 1. The fourth-order valence-corrected chi connectivity index (χ4v) is 1.15. The van der Waals surface area contributed by atoms with Gasteiger partial charge in [-0.25, -0.2) is 0 Å². The number of amides is 1. The zero-order chi connectivity index (χ0) is 10.4. The Labute approximate surface area is 83.1 Å². The van der Waals surface area contributed by atoms with E-state index in [2.05, 4.69) is 5.43 Å². The van der Waals surface area contributed by atoms with Gasteiger partial charge in [0, 0.05) is 6.92 Å². The molecule has 2 N–H and O–H groups in total. The minimum Gasteiger partial charge on any atom is -0.394 e. The molecular formula is C10H14N2O2. The Morgan fingerprint density at radius 3 is 2.57 bits per heavy atom. The molecule has 0 bridgehead atoms. The van der Waals surface area contributed by atoms with Gasteiger partial charge in [0.2, 0.25) is 5.91 Å². The Morgan fingerprint density at radius 1 is 1.43 bits per heavy atom. The van der Waals surface area contributed by atoms with Crippen molar-refractivity contribution in [2.24, 2.45) is 0 Å². The zero-order valence-electron chi connectivity index (χ0n) is 8.10. The van der Waals surface area contributed by atoms with Crippen LogP contribution in [0.25, 0.3) is 0 Å². The number of hydrazine groups is 1. The third-order valence-electron chi connectivity index (χ3n) is 1.68. The summed E-state index contributed by atoms with van der Waals surface area (Å²) in [4.78, 5) is 10.9. The van der Waals surface area contributed by atoms with E-state index in [4.69, 9.17) is 5.11 Å². The van der Waals surface area contributed by atoms with Crippen LogP contribution in [0.15, 0.2) is 30.3 Å². The number of anilines is 1. The van der Waals surface area contributed by atoms with E-state index in [1.54, 1.807) is 5.01 Å². The number of hydrogen-bond acceptors (Lipinski definition) is 3. The highest BCUT2D eigenvalue weighted by Gasteiger charge is 2.05. The summed E-state index contributed by atoms with van der Waals surface area (Å²) in [6.07, 6.45) is 0. The van der Waals surface area contributed by atoms with Crippen LogP contribution in [0.1, 0.15) is 6.92 Å². The third kappa shape index (κ3) is 3.06. The highest BCUT2D eigenvalue weighted by molar-refractivity contribution is 5.75. The van der Waals surface area contributed by atoms with Crippen LogP contribution in [0.2, 0.25) is 0 Å². The molecule has 76 valence electrons. The number of carbonyl (C=O) groups excluding carboxylic acids is 1. The number of para-hydroxylation sites is 1. The van der Waals surface area contributed by atoms with Gasteiger partial charge in [0.05, 0.1) is 18.8 Å². The van der Waals surface area contributed by atoms with Gasteiger partial charge in [-0.05, 0) is 12.1 Å². The first kappa shape index (κ1) is 10.5. The summed E-state index contributed by atoms with van der Waals surface area (Å²) in [6.45, 7) is 1.81. The largest absolute Gasteiger partial charge is 0.394 e. The van der Waals surface area contributed by atoms with E-state index in [9.17, 15) is 4.79 Å². The van der Waals surface area contributed by atoms with Crippen molar-refractivity contribution in [3.05, 3.63) is 30.3 Å². The van der Waals surface area contributed by atoms with Crippen LogP contribution in [0.3, 0.4) is 0 Å². The summed E-state index contributed by atoms with van der Waals surface area (Å²) in [6, 6.07) is 9.38. The Bertz CT molecular complexity index is 287. The summed E-state index contributed by atoms with van der Waals surface area (Å²) in [5.41, 5.74) is 3.49. The fraction of sp³-hybridized carbons (Fsp3) is 0.300. The molecule has 0 aromatic heterocycles. The van der Waals surface area contributed by atoms with Crippen molar-refractivity contribution in [1.82, 2.24) is 5.43 Å². The van der Waals surface area contributed by atoms with Gasteiger partial charge in [-0.2, -0.15) is 0 Å². The summed E-state index contributed by atoms with van der Waals surface area (Å²) < 4.78 is 0. The molecule has 0 fully saturated rings. The average molecular weight is 194 g/mol. The molecule has 0 saturated carbocycles. The lowest BCUT2D eigenvalue weighted by atomic mass is 10.3. The molecule has 0 radical (unpaired) electrons. The van der Waals surface area contributed by atoms with Gasteiger partial charge in [0.25, 0.3) is 0 Å². The standard InChI is InChI=1S/C10H14N2O2/c1-9(14)11-12(7-8-13)10-5-3-2-4-6-10/h2-6,13H,7-8H2,1H3,(H,11,14). The Hall–Kier alpha value is -1.55. The lowest BCUT2D eigenvalue weighted by Crippen LogP contribution is -2.42. The molecule has 0 aliphatic heterocycles. The number of aliphatic hydroxyl groups is 1. The van der Waals surface area contributed by atoms with Gasteiger partial charge in [-0.3, -0.25) is 15.2 Å². The Kier molecular flexibility index (Phi) is 3.94. The van der Waals surface area contributed by atoms with E-state index < -0.39 is 0 Å². The maximum atomic E-state index is 10.9. The van der Waals surface area contributed by atoms with Gasteiger partial charge in [0.1, 0.15) is 0 Å². The van der Waals surface area contributed by atoms with Crippen LogP contribution in [0, 0.1) is 0 Å². The molecule has 1 amide bonds. The minimum atomic E-state index is -0.151. The molecule has 1 aromatic rings. The van der Waals surface area contributed by atoms with Crippen LogP contribution in [-0.2, 0) is 4.79 Å². The second-order valence-corrected chi connectivity index (χ2v) is 2.88. The molecule has 0 atom stereocenters. The van der Waals surface area contributed by atoms with E-state index in [0.717, 1.165) is 5.69 Å². The van der Waals surface area contributed by atoms with Crippen LogP contribution in [0.4, 0.5) is 5.69 Å². The smallest absolute Gasteiger partial charge is 0.235 e. The number of rotatable bonds is 4. The first-order chi connectivity index (χ1) is 6.74. The topological polar surface area (TPSA) is 52.6 Å². The highest BCUT2D eigenvalue weighted by Crippen LogP contribution is 2.09. The lowest BCUT2D eigenvalue weighted by Gasteiger charge is -2.23. The maximum Gasteiger partial charge on any atom is 0.235 e. The molecule has 0 saturated heterocycles. The van der Waals surface area contributed by atoms with Crippen molar-refractivity contribution in [3.8, 4) is 0 Å². The first-order valence-electron chi connectivity index (χ1n) is 4.44. The van der Waals surface area contributed by atoms with E-state index >= 15 is 0 Å². The maximum absolute atomic E-state index is 10.9. The zero-order valence-corrected chi connectivity index (χ0v) is 8.10. The van der Waals surface area contributed by atoms with Gasteiger partial charge in [-0.1, -0.05) is 18.2 Å². The Morgan fingerprint density at radius 2 is 2.07 bits per heavy atom. The molecule has 0 aliphatic carbocycles. The third-order valence-corrected chi connectivity index (χ3v) is 1.68. The van der Waals surface area contributed by atoms with E-state index in [1.165, 1.54) is 6.92 Å². The van der Waals surface area contributed by atoms with E-state index in [0.29, 0.717) is 6.54 Å². The molecule has 0 unspecified atom stereocenters. The van der Waals surface area contributed by atoms with Crippen LogP contribution < -0.4 is 10.4 Å². The molecule has 4 nitrogen and oxygen atoms in total. The number of nitrogens with one attached hydrogen (secondary N) is 1. The first-order valence-corrected chi connectivity index (χ1v) is 4.44. The van der Waals surface area contributed by atoms with Gasteiger partial charge >= 0.3 is 0 Å². The molecule has 1 aromatic carbocycles. The van der Waals surface area contributed by atoms with Crippen molar-refractivity contribution in [2.75, 3.05) is 18.2 Å². The average Bonchev–Trinajstić information content (AvgIpc) is 2.18. The monoisotopic (exact) mass is 194 g/mol. The molecule has 0 aliphatic rings. The summed E-state index contributed by atoms with van der Waals surface area (Å²) in [5.74, 6) is -0.151. The second kappa shape index (κ2) is 5.24. The van der Waals surface area contributed by atoms with E-state index in [-0.39, 0.29) is 12.5 Å². The normalized spacial score (nSPS) is 9.57. The highest BCUT2D eigenvalue weighted by atomic mass is 16.3. The SMILES string of the molecule is CC(=O)NN(CCO)c1ccccc1. The lowest BCUT2D eigenvalue weighted by molar-refractivity contribution is -0.119. The molecule has 4 heteroatoms. The minimum absolute atomic E-state index is 0.00479. The van der Waals surface area contributed by atoms with Gasteiger partial charge in [-0.15, -0.1) is 0 Å². The second-order valence-electron chi connectivity index (χ2n) is 2.88. The van der Waals surface area contributed by atoms with Gasteiger partial charge < -0.3 is 5.11 Å². The van der Waals surface area contributed by atoms with Crippen molar-refractivity contribution in [3.63, 3.8) is 0 Å². The number of aliphatic hydroxyl groups excluding tert-OH is 1. The number of carbonyl (C=O) groups is 1. The van der Waals surface area contributed by atoms with Crippen LogP contribution >= 0.6 is 0 Å². The molecule has 1 rings (SSSR count). The quantitative estimate of drug-likeness (QED) is 0.688. The predicted molar refractivity (Wildman–Crippen MR) is 54.7 cm³/mol. The predicted octanol–water partition coefficient (Wildman–Crippen LogP) is 0.536. The molecule has 0 spiro atoms. The van der Waals surface area contributed by atoms with Crippen LogP contribution in [0.5, 0.6) is 0 Å². The van der Waals surface area contributed by atoms with Gasteiger partial charge in [0.15, 0.2) is 0 Å². The van der Waals surface area contributed by atoms with Crippen molar-refractivity contribution in [2.45, 2.75) is 6.92 Å². The fourth-order valence-electron chi connectivity index (χ4n) is 1.15. The number of benzene rings is 1. The molecule has 14 heavy (non-hydrogen) atoms. The number of hydrogen-bond donors (Lipinski definition) is 2. The van der Waals surface area contributed by atoms with Crippen molar-refractivity contribution >= 4 is 11.6 Å². The van der Waals surface area contributed by atoms with Crippen molar-refractivity contribution < 1.29 is 9.90 Å². The van der Waals surface area contributed by atoms with Crippen molar-refractivity contribution in [1.29, 1.82) is 0 Å². The Balaban J connectivity index is 2.72. The van der Waals surface area contributed by atoms with Crippen LogP contribution in [-0.4, -0.2) is 24.2 Å².